The van der Waals surface area contributed by atoms with Crippen LogP contribution in [0.2, 0.25) is 0 Å². The summed E-state index contributed by atoms with van der Waals surface area (Å²) in [6.45, 7) is 2.07. The Bertz CT molecular complexity index is 542. The predicted octanol–water partition coefficient (Wildman–Crippen LogP) is 2.15. The number of anilines is 1. The van der Waals surface area contributed by atoms with Crippen molar-refractivity contribution in [1.29, 1.82) is 0 Å². The van der Waals surface area contributed by atoms with Gasteiger partial charge in [-0.3, -0.25) is 0 Å². The molecular weight excluding hydrogens is 260 g/mol. The summed E-state index contributed by atoms with van der Waals surface area (Å²) < 4.78 is 25.0. The van der Waals surface area contributed by atoms with Crippen LogP contribution in [0.5, 0.6) is 0 Å². The highest BCUT2D eigenvalue weighted by molar-refractivity contribution is 7.89. The summed E-state index contributed by atoms with van der Waals surface area (Å²) in [5.74, 6) is 2.68. The van der Waals surface area contributed by atoms with Gasteiger partial charge in [-0.1, -0.05) is 19.3 Å². The van der Waals surface area contributed by atoms with Crippen molar-refractivity contribution in [3.8, 4) is 12.3 Å². The number of terminal acetylenes is 1. The monoisotopic (exact) mass is 280 g/mol. The Morgan fingerprint density at radius 3 is 2.32 bits per heavy atom. The Labute approximate surface area is 115 Å². The minimum absolute atomic E-state index is 0.0266. The summed E-state index contributed by atoms with van der Waals surface area (Å²) in [6, 6.07) is 6.60. The molecule has 0 aliphatic carbocycles. The van der Waals surface area contributed by atoms with E-state index in [1.165, 1.54) is 18.4 Å². The van der Waals surface area contributed by atoms with Gasteiger partial charge in [-0.25, -0.2) is 12.7 Å². The fraction of sp³-hybridized carbons (Fsp3) is 0.429. The Morgan fingerprint density at radius 2 is 1.89 bits per heavy atom. The van der Waals surface area contributed by atoms with Gasteiger partial charge in [0.1, 0.15) is 0 Å². The molecule has 0 bridgehead atoms. The van der Waals surface area contributed by atoms with Crippen molar-refractivity contribution in [2.75, 3.05) is 19.4 Å². The van der Waals surface area contributed by atoms with Crippen molar-refractivity contribution in [3.63, 3.8) is 0 Å². The number of nitrogens with one attached hydrogen (secondary N) is 1. The molecule has 0 aliphatic heterocycles. The van der Waals surface area contributed by atoms with Gasteiger partial charge in [0.15, 0.2) is 0 Å². The molecule has 0 aliphatic rings. The Balaban J connectivity index is 2.86. The van der Waals surface area contributed by atoms with Gasteiger partial charge in [0.2, 0.25) is 10.0 Å². The van der Waals surface area contributed by atoms with Crippen LogP contribution in [-0.2, 0) is 10.0 Å². The van der Waals surface area contributed by atoms with E-state index < -0.39 is 10.0 Å². The lowest BCUT2D eigenvalue weighted by Gasteiger charge is -2.15. The van der Waals surface area contributed by atoms with E-state index >= 15 is 0 Å². The molecule has 0 spiro atoms. The first-order valence-corrected chi connectivity index (χ1v) is 7.61. The Hall–Kier alpha value is -1.51. The maximum atomic E-state index is 11.9. The van der Waals surface area contributed by atoms with Crippen LogP contribution < -0.4 is 5.32 Å². The summed E-state index contributed by atoms with van der Waals surface area (Å²) in [7, 11) is -0.351. The molecule has 0 amide bonds. The van der Waals surface area contributed by atoms with Crippen molar-refractivity contribution in [1.82, 2.24) is 4.31 Å². The zero-order chi connectivity index (χ0) is 14.5. The molecule has 1 aromatic carbocycles. The molecule has 104 valence electrons. The van der Waals surface area contributed by atoms with E-state index in [9.17, 15) is 8.42 Å². The maximum Gasteiger partial charge on any atom is 0.242 e. The van der Waals surface area contributed by atoms with E-state index in [1.807, 2.05) is 0 Å². The Kier molecular flexibility index (Phi) is 5.40. The number of benzene rings is 1. The number of rotatable bonds is 6. The SMILES string of the molecule is C#CC(CCC)Nc1ccc(S(=O)(=O)N(C)C)cc1. The zero-order valence-electron chi connectivity index (χ0n) is 11.6. The molecule has 4 nitrogen and oxygen atoms in total. The third-order valence-electron chi connectivity index (χ3n) is 2.75. The molecule has 0 fully saturated rings. The quantitative estimate of drug-likeness (QED) is 0.812. The normalized spacial score (nSPS) is 13.0. The van der Waals surface area contributed by atoms with Gasteiger partial charge in [0, 0.05) is 19.8 Å². The molecule has 5 heteroatoms. The summed E-state index contributed by atoms with van der Waals surface area (Å²) in [5.41, 5.74) is 0.828. The molecule has 0 saturated carbocycles. The minimum atomic E-state index is -3.37. The van der Waals surface area contributed by atoms with Gasteiger partial charge < -0.3 is 5.32 Å². The highest BCUT2D eigenvalue weighted by atomic mass is 32.2. The molecule has 1 rings (SSSR count). The summed E-state index contributed by atoms with van der Waals surface area (Å²) in [6.07, 6.45) is 7.31. The van der Waals surface area contributed by atoms with Crippen LogP contribution in [0, 0.1) is 12.3 Å². The summed E-state index contributed by atoms with van der Waals surface area (Å²) in [4.78, 5) is 0.274. The largest absolute Gasteiger partial charge is 0.372 e. The van der Waals surface area contributed by atoms with Crippen LogP contribution in [0.1, 0.15) is 19.8 Å². The third-order valence-corrected chi connectivity index (χ3v) is 4.58. The fourth-order valence-corrected chi connectivity index (χ4v) is 2.52. The van der Waals surface area contributed by atoms with Crippen LogP contribution in [0.3, 0.4) is 0 Å². The molecule has 1 atom stereocenters. The second-order valence-corrected chi connectivity index (χ2v) is 6.62. The van der Waals surface area contributed by atoms with Crippen molar-refractivity contribution in [2.45, 2.75) is 30.7 Å². The Morgan fingerprint density at radius 1 is 1.32 bits per heavy atom. The highest BCUT2D eigenvalue weighted by Gasteiger charge is 2.16. The molecule has 0 saturated heterocycles. The fourth-order valence-electron chi connectivity index (χ4n) is 1.62. The van der Waals surface area contributed by atoms with E-state index in [-0.39, 0.29) is 10.9 Å². The van der Waals surface area contributed by atoms with Gasteiger partial charge >= 0.3 is 0 Å². The average Bonchev–Trinajstić information content (AvgIpc) is 2.38. The van der Waals surface area contributed by atoms with E-state index in [2.05, 4.69) is 18.2 Å². The predicted molar refractivity (Wildman–Crippen MR) is 78.5 cm³/mol. The molecule has 19 heavy (non-hydrogen) atoms. The molecule has 1 aromatic rings. The first-order valence-electron chi connectivity index (χ1n) is 6.17. The van der Waals surface area contributed by atoms with Gasteiger partial charge in [-0.15, -0.1) is 6.42 Å². The average molecular weight is 280 g/mol. The third kappa shape index (κ3) is 3.98. The standard InChI is InChI=1S/C14H20N2O2S/c1-5-7-12(6-2)15-13-8-10-14(11-9-13)19(17,18)16(3)4/h2,8-12,15H,5,7H2,1,3-4H3. The van der Waals surface area contributed by atoms with Crippen LogP contribution in [-0.4, -0.2) is 32.9 Å². The first kappa shape index (κ1) is 15.5. The van der Waals surface area contributed by atoms with E-state index in [4.69, 9.17) is 6.42 Å². The van der Waals surface area contributed by atoms with E-state index in [0.717, 1.165) is 18.5 Å². The number of nitrogens with zero attached hydrogens (tertiary/aromatic N) is 1. The summed E-state index contributed by atoms with van der Waals surface area (Å²) >= 11 is 0. The first-order chi connectivity index (χ1) is 8.91. The lowest BCUT2D eigenvalue weighted by atomic mass is 10.1. The highest BCUT2D eigenvalue weighted by Crippen LogP contribution is 2.17. The maximum absolute atomic E-state index is 11.9. The molecule has 0 aromatic heterocycles. The van der Waals surface area contributed by atoms with Gasteiger partial charge in [-0.05, 0) is 30.7 Å². The second-order valence-electron chi connectivity index (χ2n) is 4.46. The number of hydrogen-bond donors (Lipinski definition) is 1. The molecule has 1 N–H and O–H groups in total. The molecule has 0 radical (unpaired) electrons. The van der Waals surface area contributed by atoms with Gasteiger partial charge in [0.25, 0.3) is 0 Å². The van der Waals surface area contributed by atoms with Gasteiger partial charge in [-0.2, -0.15) is 0 Å². The minimum Gasteiger partial charge on any atom is -0.372 e. The number of sulfonamides is 1. The smallest absolute Gasteiger partial charge is 0.242 e. The van der Waals surface area contributed by atoms with Gasteiger partial charge in [0.05, 0.1) is 10.9 Å². The molecule has 1 unspecified atom stereocenters. The topological polar surface area (TPSA) is 49.4 Å². The van der Waals surface area contributed by atoms with Crippen LogP contribution >= 0.6 is 0 Å². The van der Waals surface area contributed by atoms with Crippen LogP contribution in [0.4, 0.5) is 5.69 Å². The van der Waals surface area contributed by atoms with Crippen molar-refractivity contribution in [2.24, 2.45) is 0 Å². The van der Waals surface area contributed by atoms with Crippen molar-refractivity contribution < 1.29 is 8.42 Å². The van der Waals surface area contributed by atoms with E-state index in [0.29, 0.717) is 0 Å². The zero-order valence-corrected chi connectivity index (χ0v) is 12.4. The lowest BCUT2D eigenvalue weighted by molar-refractivity contribution is 0.521. The summed E-state index contributed by atoms with van der Waals surface area (Å²) in [5, 5.41) is 3.19. The molecular formula is C14H20N2O2S. The van der Waals surface area contributed by atoms with Crippen LogP contribution in [0.25, 0.3) is 0 Å². The van der Waals surface area contributed by atoms with E-state index in [1.54, 1.807) is 24.3 Å². The number of hydrogen-bond acceptors (Lipinski definition) is 3. The van der Waals surface area contributed by atoms with Crippen molar-refractivity contribution in [3.05, 3.63) is 24.3 Å². The van der Waals surface area contributed by atoms with Crippen LogP contribution in [0.15, 0.2) is 29.2 Å². The second kappa shape index (κ2) is 6.60. The van der Waals surface area contributed by atoms with Crippen molar-refractivity contribution >= 4 is 15.7 Å². The molecule has 0 heterocycles. The lowest BCUT2D eigenvalue weighted by Crippen LogP contribution is -2.22.